The molecule has 1 fully saturated rings. The van der Waals surface area contributed by atoms with E-state index in [2.05, 4.69) is 54.5 Å². The van der Waals surface area contributed by atoms with E-state index in [1.165, 1.54) is 37.9 Å². The molecule has 1 aliphatic rings. The van der Waals surface area contributed by atoms with Crippen LogP contribution in [-0.2, 0) is 0 Å². The van der Waals surface area contributed by atoms with Crippen LogP contribution in [0.5, 0.6) is 0 Å². The molecule has 2 heteroatoms. The molecule has 0 amide bonds. The monoisotopic (exact) mass is 246 g/mol. The summed E-state index contributed by atoms with van der Waals surface area (Å²) in [6.45, 7) is 5.80. The lowest BCUT2D eigenvalue weighted by atomic mass is 10.0. The molecule has 1 saturated carbocycles. The number of likely N-dealkylation sites (N-methyl/N-ethyl adjacent to an activating group) is 1. The van der Waals surface area contributed by atoms with Crippen LogP contribution in [0.25, 0.3) is 0 Å². The first-order valence-electron chi connectivity index (χ1n) is 7.28. The SMILES string of the molecule is CCCN(CC1CC1)C(CNC)c1ccccc1. The summed E-state index contributed by atoms with van der Waals surface area (Å²) in [5, 5.41) is 3.36. The molecule has 18 heavy (non-hydrogen) atoms. The van der Waals surface area contributed by atoms with Crippen LogP contribution in [0, 0.1) is 5.92 Å². The maximum Gasteiger partial charge on any atom is 0.0472 e. The highest BCUT2D eigenvalue weighted by atomic mass is 15.2. The van der Waals surface area contributed by atoms with Crippen LogP contribution in [0.2, 0.25) is 0 Å². The second kappa shape index (κ2) is 6.91. The topological polar surface area (TPSA) is 15.3 Å². The fourth-order valence-corrected chi connectivity index (χ4v) is 2.62. The van der Waals surface area contributed by atoms with Gasteiger partial charge in [0.25, 0.3) is 0 Å². The Hall–Kier alpha value is -0.860. The van der Waals surface area contributed by atoms with E-state index in [0.29, 0.717) is 6.04 Å². The van der Waals surface area contributed by atoms with Crippen LogP contribution in [0.1, 0.15) is 37.8 Å². The summed E-state index contributed by atoms with van der Waals surface area (Å²) in [6.07, 6.45) is 4.10. The van der Waals surface area contributed by atoms with E-state index in [-0.39, 0.29) is 0 Å². The summed E-state index contributed by atoms with van der Waals surface area (Å²) in [7, 11) is 2.05. The van der Waals surface area contributed by atoms with Crippen LogP contribution in [0.15, 0.2) is 30.3 Å². The van der Waals surface area contributed by atoms with E-state index in [0.717, 1.165) is 12.5 Å². The molecule has 0 saturated heterocycles. The molecule has 100 valence electrons. The largest absolute Gasteiger partial charge is 0.318 e. The van der Waals surface area contributed by atoms with Crippen molar-refractivity contribution >= 4 is 0 Å². The zero-order valence-corrected chi connectivity index (χ0v) is 11.7. The van der Waals surface area contributed by atoms with Gasteiger partial charge in [-0.15, -0.1) is 0 Å². The van der Waals surface area contributed by atoms with Crippen molar-refractivity contribution in [1.82, 2.24) is 10.2 Å². The first-order valence-corrected chi connectivity index (χ1v) is 7.28. The average molecular weight is 246 g/mol. The van der Waals surface area contributed by atoms with Gasteiger partial charge in [0.2, 0.25) is 0 Å². The highest BCUT2D eigenvalue weighted by molar-refractivity contribution is 5.19. The van der Waals surface area contributed by atoms with Gasteiger partial charge in [-0.25, -0.2) is 0 Å². The van der Waals surface area contributed by atoms with Gasteiger partial charge in [-0.3, -0.25) is 4.90 Å². The summed E-state index contributed by atoms with van der Waals surface area (Å²) in [5.74, 6) is 0.958. The second-order valence-electron chi connectivity index (χ2n) is 5.42. The fourth-order valence-electron chi connectivity index (χ4n) is 2.62. The molecule has 1 unspecified atom stereocenters. The molecule has 0 aliphatic heterocycles. The molecule has 1 N–H and O–H groups in total. The molecule has 0 aromatic heterocycles. The van der Waals surface area contributed by atoms with Crippen LogP contribution in [-0.4, -0.2) is 31.6 Å². The molecular formula is C16H26N2. The first-order chi connectivity index (χ1) is 8.85. The minimum absolute atomic E-state index is 0.525. The number of benzene rings is 1. The van der Waals surface area contributed by atoms with E-state index >= 15 is 0 Å². The molecule has 0 radical (unpaired) electrons. The predicted molar refractivity (Wildman–Crippen MR) is 77.7 cm³/mol. The Morgan fingerprint density at radius 1 is 1.28 bits per heavy atom. The van der Waals surface area contributed by atoms with Gasteiger partial charge in [0, 0.05) is 19.1 Å². The van der Waals surface area contributed by atoms with Crippen molar-refractivity contribution in [2.75, 3.05) is 26.7 Å². The lowest BCUT2D eigenvalue weighted by Crippen LogP contribution is -2.36. The summed E-state index contributed by atoms with van der Waals surface area (Å²) in [6, 6.07) is 11.5. The van der Waals surface area contributed by atoms with Gasteiger partial charge >= 0.3 is 0 Å². The smallest absolute Gasteiger partial charge is 0.0472 e. The molecule has 2 rings (SSSR count). The van der Waals surface area contributed by atoms with Crippen molar-refractivity contribution in [3.05, 3.63) is 35.9 Å². The Kier molecular flexibility index (Phi) is 5.21. The molecule has 0 heterocycles. The molecule has 2 nitrogen and oxygen atoms in total. The van der Waals surface area contributed by atoms with Crippen molar-refractivity contribution in [2.45, 2.75) is 32.2 Å². The molecule has 0 spiro atoms. The molecular weight excluding hydrogens is 220 g/mol. The third-order valence-corrected chi connectivity index (χ3v) is 3.72. The zero-order valence-electron chi connectivity index (χ0n) is 11.7. The number of rotatable bonds is 8. The van der Waals surface area contributed by atoms with Crippen molar-refractivity contribution in [3.63, 3.8) is 0 Å². The summed E-state index contributed by atoms with van der Waals surface area (Å²) in [5.41, 5.74) is 1.45. The van der Waals surface area contributed by atoms with E-state index in [9.17, 15) is 0 Å². The Bertz CT molecular complexity index is 332. The highest BCUT2D eigenvalue weighted by Crippen LogP contribution is 2.32. The normalized spacial score (nSPS) is 17.1. The lowest BCUT2D eigenvalue weighted by Gasteiger charge is -2.32. The minimum Gasteiger partial charge on any atom is -0.318 e. The van der Waals surface area contributed by atoms with E-state index < -0.39 is 0 Å². The van der Waals surface area contributed by atoms with E-state index in [4.69, 9.17) is 0 Å². The number of nitrogens with one attached hydrogen (secondary N) is 1. The van der Waals surface area contributed by atoms with E-state index in [1.807, 2.05) is 0 Å². The highest BCUT2D eigenvalue weighted by Gasteiger charge is 2.28. The Labute approximate surface area is 111 Å². The van der Waals surface area contributed by atoms with Crippen molar-refractivity contribution in [3.8, 4) is 0 Å². The second-order valence-corrected chi connectivity index (χ2v) is 5.42. The average Bonchev–Trinajstić information content (AvgIpc) is 3.21. The van der Waals surface area contributed by atoms with Crippen LogP contribution < -0.4 is 5.32 Å². The van der Waals surface area contributed by atoms with Gasteiger partial charge in [-0.1, -0.05) is 37.3 Å². The molecule has 1 aromatic carbocycles. The van der Waals surface area contributed by atoms with Crippen LogP contribution in [0.4, 0.5) is 0 Å². The van der Waals surface area contributed by atoms with Gasteiger partial charge < -0.3 is 5.32 Å². The van der Waals surface area contributed by atoms with Gasteiger partial charge in [0.05, 0.1) is 0 Å². The van der Waals surface area contributed by atoms with Crippen LogP contribution >= 0.6 is 0 Å². The Morgan fingerprint density at radius 3 is 2.56 bits per heavy atom. The summed E-state index contributed by atoms with van der Waals surface area (Å²) in [4.78, 5) is 2.67. The molecule has 1 atom stereocenters. The maximum atomic E-state index is 3.36. The van der Waals surface area contributed by atoms with Gasteiger partial charge in [0.15, 0.2) is 0 Å². The molecule has 1 aliphatic carbocycles. The summed E-state index contributed by atoms with van der Waals surface area (Å²) >= 11 is 0. The number of hydrogen-bond donors (Lipinski definition) is 1. The van der Waals surface area contributed by atoms with Crippen molar-refractivity contribution in [1.29, 1.82) is 0 Å². The first kappa shape index (κ1) is 13.6. The standard InChI is InChI=1S/C16H26N2/c1-3-11-18(13-14-9-10-14)16(12-17-2)15-7-5-4-6-8-15/h4-8,14,16-17H,3,9-13H2,1-2H3. The lowest BCUT2D eigenvalue weighted by molar-refractivity contribution is 0.187. The van der Waals surface area contributed by atoms with Crippen molar-refractivity contribution in [2.24, 2.45) is 5.92 Å². The third-order valence-electron chi connectivity index (χ3n) is 3.72. The number of nitrogens with zero attached hydrogens (tertiary/aromatic N) is 1. The third kappa shape index (κ3) is 3.82. The quantitative estimate of drug-likeness (QED) is 0.758. The zero-order chi connectivity index (χ0) is 12.8. The Morgan fingerprint density at radius 2 is 2.00 bits per heavy atom. The predicted octanol–water partition coefficient (Wildman–Crippen LogP) is 3.07. The molecule has 1 aromatic rings. The van der Waals surface area contributed by atoms with E-state index in [1.54, 1.807) is 0 Å². The maximum absolute atomic E-state index is 3.36. The van der Waals surface area contributed by atoms with Crippen molar-refractivity contribution < 1.29 is 0 Å². The van der Waals surface area contributed by atoms with Crippen LogP contribution in [0.3, 0.4) is 0 Å². The van der Waals surface area contributed by atoms with Gasteiger partial charge in [-0.05, 0) is 44.3 Å². The van der Waals surface area contributed by atoms with Gasteiger partial charge in [-0.2, -0.15) is 0 Å². The number of hydrogen-bond acceptors (Lipinski definition) is 2. The molecule has 0 bridgehead atoms. The fraction of sp³-hybridized carbons (Fsp3) is 0.625. The minimum atomic E-state index is 0.525. The summed E-state index contributed by atoms with van der Waals surface area (Å²) < 4.78 is 0. The Balaban J connectivity index is 2.09. The van der Waals surface area contributed by atoms with Gasteiger partial charge in [0.1, 0.15) is 0 Å².